The first-order chi connectivity index (χ1) is 16.9. The molecule has 0 aliphatic heterocycles. The maximum atomic E-state index is 4.70. The second-order valence-electron chi connectivity index (χ2n) is 8.45. The fourth-order valence-corrected chi connectivity index (χ4v) is 4.92. The molecule has 0 N–H and O–H groups in total. The Morgan fingerprint density at radius 1 is 0.588 bits per heavy atom. The Labute approximate surface area is 196 Å². The maximum Gasteiger partial charge on any atom is 0.137 e. The Morgan fingerprint density at radius 2 is 1.47 bits per heavy atom. The number of pyridine rings is 2. The van der Waals surface area contributed by atoms with Crippen molar-refractivity contribution in [3.8, 4) is 22.6 Å². The van der Waals surface area contributed by atoms with Gasteiger partial charge in [-0.2, -0.15) is 0 Å². The summed E-state index contributed by atoms with van der Waals surface area (Å²) in [5.41, 5.74) is 6.85. The molecule has 3 aromatic carbocycles. The van der Waals surface area contributed by atoms with Crippen molar-refractivity contribution in [1.29, 1.82) is 0 Å². The van der Waals surface area contributed by atoms with Crippen LogP contribution >= 0.6 is 0 Å². The number of para-hydroxylation sites is 2. The average molecular weight is 437 g/mol. The van der Waals surface area contributed by atoms with Crippen LogP contribution in [0.1, 0.15) is 0 Å². The van der Waals surface area contributed by atoms with E-state index < -0.39 is 0 Å². The van der Waals surface area contributed by atoms with Gasteiger partial charge in [-0.25, -0.2) is 4.98 Å². The third kappa shape index (κ3) is 2.86. The van der Waals surface area contributed by atoms with Crippen LogP contribution in [0.4, 0.5) is 0 Å². The van der Waals surface area contributed by atoms with Crippen LogP contribution in [0, 0.1) is 0 Å². The first-order valence-corrected chi connectivity index (χ1v) is 11.3. The van der Waals surface area contributed by atoms with Gasteiger partial charge < -0.3 is 9.13 Å². The standard InChI is InChI=1S/C30H20N4/c1-2-8-24(9-3-1)34-27-11-5-4-10-25(27)26-17-22-13-16-33(28(22)19-29(26)34)30-18-21(12-15-32-30)23-7-6-14-31-20-23/h1-20H. The molecule has 0 amide bonds. The molecule has 34 heavy (non-hydrogen) atoms. The minimum absolute atomic E-state index is 0.887. The molecule has 4 nitrogen and oxygen atoms in total. The molecule has 7 rings (SSSR count). The van der Waals surface area contributed by atoms with E-state index >= 15 is 0 Å². The lowest BCUT2D eigenvalue weighted by Crippen LogP contribution is -1.97. The highest BCUT2D eigenvalue weighted by molar-refractivity contribution is 6.13. The van der Waals surface area contributed by atoms with Crippen LogP contribution in [-0.4, -0.2) is 19.1 Å². The van der Waals surface area contributed by atoms with Crippen LogP contribution in [0.25, 0.3) is 55.3 Å². The number of nitrogens with zero attached hydrogens (tertiary/aromatic N) is 4. The Morgan fingerprint density at radius 3 is 2.35 bits per heavy atom. The van der Waals surface area contributed by atoms with E-state index in [0.29, 0.717) is 0 Å². The molecule has 0 atom stereocenters. The van der Waals surface area contributed by atoms with Crippen molar-refractivity contribution in [2.24, 2.45) is 0 Å². The highest BCUT2D eigenvalue weighted by atomic mass is 15.1. The highest BCUT2D eigenvalue weighted by Crippen LogP contribution is 2.35. The lowest BCUT2D eigenvalue weighted by molar-refractivity contribution is 1.04. The van der Waals surface area contributed by atoms with Gasteiger partial charge in [0.25, 0.3) is 0 Å². The first-order valence-electron chi connectivity index (χ1n) is 11.3. The molecule has 0 saturated heterocycles. The van der Waals surface area contributed by atoms with E-state index in [-0.39, 0.29) is 0 Å². The normalized spacial score (nSPS) is 11.5. The number of aromatic nitrogens is 4. The van der Waals surface area contributed by atoms with Crippen molar-refractivity contribution >= 4 is 32.7 Å². The van der Waals surface area contributed by atoms with Crippen molar-refractivity contribution in [2.75, 3.05) is 0 Å². The van der Waals surface area contributed by atoms with Gasteiger partial charge in [-0.1, -0.05) is 42.5 Å². The SMILES string of the molecule is c1ccc(-n2c3ccccc3c3cc4ccn(-c5cc(-c6cccnc6)ccn5)c4cc32)cc1. The van der Waals surface area contributed by atoms with E-state index in [0.717, 1.165) is 28.1 Å². The summed E-state index contributed by atoms with van der Waals surface area (Å²) < 4.78 is 4.52. The summed E-state index contributed by atoms with van der Waals surface area (Å²) in [6, 6.07) is 34.1. The summed E-state index contributed by atoms with van der Waals surface area (Å²) >= 11 is 0. The van der Waals surface area contributed by atoms with Gasteiger partial charge in [0.1, 0.15) is 5.82 Å². The van der Waals surface area contributed by atoms with E-state index in [4.69, 9.17) is 4.98 Å². The predicted molar refractivity (Wildman–Crippen MR) is 139 cm³/mol. The van der Waals surface area contributed by atoms with Crippen LogP contribution in [0.2, 0.25) is 0 Å². The molecule has 0 saturated carbocycles. The van der Waals surface area contributed by atoms with Crippen molar-refractivity contribution in [3.63, 3.8) is 0 Å². The Balaban J connectivity index is 1.49. The van der Waals surface area contributed by atoms with Gasteiger partial charge in [0, 0.05) is 52.2 Å². The van der Waals surface area contributed by atoms with Crippen molar-refractivity contribution in [2.45, 2.75) is 0 Å². The molecule has 0 spiro atoms. The van der Waals surface area contributed by atoms with Gasteiger partial charge in [0.05, 0.1) is 16.6 Å². The molecule has 7 aromatic rings. The summed E-state index contributed by atoms with van der Waals surface area (Å²) in [5, 5.41) is 3.70. The number of rotatable bonds is 3. The van der Waals surface area contributed by atoms with Crippen LogP contribution < -0.4 is 0 Å². The van der Waals surface area contributed by atoms with E-state index in [9.17, 15) is 0 Å². The van der Waals surface area contributed by atoms with Crippen LogP contribution in [0.5, 0.6) is 0 Å². The zero-order valence-electron chi connectivity index (χ0n) is 18.3. The molecule has 0 aliphatic rings. The van der Waals surface area contributed by atoms with Crippen molar-refractivity contribution < 1.29 is 0 Å². The summed E-state index contributed by atoms with van der Waals surface area (Å²) in [4.78, 5) is 8.96. The monoisotopic (exact) mass is 436 g/mol. The molecule has 4 aromatic heterocycles. The molecule has 0 aliphatic carbocycles. The van der Waals surface area contributed by atoms with E-state index in [2.05, 4.69) is 105 Å². The Hall–Kier alpha value is -4.70. The lowest BCUT2D eigenvalue weighted by Gasteiger charge is -2.10. The third-order valence-corrected chi connectivity index (χ3v) is 6.49. The number of hydrogen-bond acceptors (Lipinski definition) is 2. The maximum absolute atomic E-state index is 4.70. The third-order valence-electron chi connectivity index (χ3n) is 6.49. The number of benzene rings is 3. The molecule has 160 valence electrons. The minimum Gasteiger partial charge on any atom is -0.309 e. The summed E-state index contributed by atoms with van der Waals surface area (Å²) in [6.45, 7) is 0. The van der Waals surface area contributed by atoms with Gasteiger partial charge in [-0.3, -0.25) is 4.98 Å². The largest absolute Gasteiger partial charge is 0.309 e. The number of hydrogen-bond donors (Lipinski definition) is 0. The van der Waals surface area contributed by atoms with E-state index in [1.165, 1.54) is 27.2 Å². The molecular formula is C30H20N4. The van der Waals surface area contributed by atoms with Crippen LogP contribution in [-0.2, 0) is 0 Å². The summed E-state index contributed by atoms with van der Waals surface area (Å²) in [6.07, 6.45) is 7.65. The fourth-order valence-electron chi connectivity index (χ4n) is 4.92. The minimum atomic E-state index is 0.887. The summed E-state index contributed by atoms with van der Waals surface area (Å²) in [5.74, 6) is 0.887. The molecule has 4 heteroatoms. The molecule has 0 fully saturated rings. The topological polar surface area (TPSA) is 35.6 Å². The second kappa shape index (κ2) is 7.42. The highest BCUT2D eigenvalue weighted by Gasteiger charge is 2.15. The molecule has 4 heterocycles. The lowest BCUT2D eigenvalue weighted by atomic mass is 10.1. The molecular weight excluding hydrogens is 416 g/mol. The van der Waals surface area contributed by atoms with E-state index in [1.807, 2.05) is 24.5 Å². The zero-order valence-corrected chi connectivity index (χ0v) is 18.3. The Kier molecular flexibility index (Phi) is 4.11. The van der Waals surface area contributed by atoms with Gasteiger partial charge in [0.2, 0.25) is 0 Å². The quantitative estimate of drug-likeness (QED) is 0.294. The van der Waals surface area contributed by atoms with Crippen molar-refractivity contribution in [3.05, 3.63) is 122 Å². The predicted octanol–water partition coefficient (Wildman–Crippen LogP) is 7.18. The smallest absolute Gasteiger partial charge is 0.137 e. The number of fused-ring (bicyclic) bond motifs is 4. The van der Waals surface area contributed by atoms with Gasteiger partial charge in [-0.05, 0) is 60.2 Å². The molecule has 0 unspecified atom stereocenters. The van der Waals surface area contributed by atoms with Crippen molar-refractivity contribution in [1.82, 2.24) is 19.1 Å². The average Bonchev–Trinajstić information content (AvgIpc) is 3.47. The van der Waals surface area contributed by atoms with Gasteiger partial charge >= 0.3 is 0 Å². The van der Waals surface area contributed by atoms with E-state index in [1.54, 1.807) is 6.20 Å². The second-order valence-corrected chi connectivity index (χ2v) is 8.45. The summed E-state index contributed by atoms with van der Waals surface area (Å²) in [7, 11) is 0. The zero-order chi connectivity index (χ0) is 22.5. The molecule has 0 radical (unpaired) electrons. The van der Waals surface area contributed by atoms with Crippen LogP contribution in [0.3, 0.4) is 0 Å². The fraction of sp³-hybridized carbons (Fsp3) is 0. The first kappa shape index (κ1) is 18.8. The Bertz CT molecular complexity index is 1790. The van der Waals surface area contributed by atoms with Gasteiger partial charge in [-0.15, -0.1) is 0 Å². The molecule has 0 bridgehead atoms. The van der Waals surface area contributed by atoms with Gasteiger partial charge in [0.15, 0.2) is 0 Å². The van der Waals surface area contributed by atoms with Crippen LogP contribution in [0.15, 0.2) is 122 Å².